The van der Waals surface area contributed by atoms with Crippen molar-refractivity contribution >= 4 is 27.5 Å². The predicted molar refractivity (Wildman–Crippen MR) is 123 cm³/mol. The molecule has 1 aromatic heterocycles. The number of nitro groups is 1. The molecule has 0 spiro atoms. The third kappa shape index (κ3) is 6.35. The summed E-state index contributed by atoms with van der Waals surface area (Å²) in [5.74, 6) is -0.770. The molecule has 0 atom stereocenters. The zero-order valence-corrected chi connectivity index (χ0v) is 19.6. The highest BCUT2D eigenvalue weighted by Gasteiger charge is 2.33. The van der Waals surface area contributed by atoms with Gasteiger partial charge in [0.15, 0.2) is 0 Å². The van der Waals surface area contributed by atoms with E-state index in [0.717, 1.165) is 11.6 Å². The molecular weight excluding hydrogens is 462 g/mol. The normalized spacial score (nSPS) is 15.0. The number of carbonyl (C=O) groups is 2. The predicted octanol–water partition coefficient (Wildman–Crippen LogP) is 1.52. The topological polar surface area (TPSA) is 152 Å². The Labute approximate surface area is 197 Å². The van der Waals surface area contributed by atoms with Crippen LogP contribution in [0.1, 0.15) is 30.4 Å². The van der Waals surface area contributed by atoms with Gasteiger partial charge in [-0.2, -0.15) is 4.31 Å². The van der Waals surface area contributed by atoms with Crippen molar-refractivity contribution in [1.29, 1.82) is 0 Å². The average molecular weight is 490 g/mol. The summed E-state index contributed by atoms with van der Waals surface area (Å²) in [6, 6.07) is 7.36. The van der Waals surface area contributed by atoms with Gasteiger partial charge >= 0.3 is 0 Å². The first-order chi connectivity index (χ1) is 16.2. The van der Waals surface area contributed by atoms with Crippen LogP contribution in [0.4, 0.5) is 5.69 Å². The van der Waals surface area contributed by atoms with Gasteiger partial charge in [0.05, 0.1) is 9.82 Å². The van der Waals surface area contributed by atoms with Crippen LogP contribution >= 0.6 is 0 Å². The second-order valence-corrected chi connectivity index (χ2v) is 9.96. The fourth-order valence-corrected chi connectivity index (χ4v) is 5.43. The molecule has 12 heteroatoms. The smallest absolute Gasteiger partial charge is 0.270 e. The molecule has 1 aliphatic rings. The van der Waals surface area contributed by atoms with Crippen molar-refractivity contribution in [2.75, 3.05) is 19.6 Å². The molecule has 2 aromatic rings. The molecule has 1 aromatic carbocycles. The first kappa shape index (κ1) is 25.2. The van der Waals surface area contributed by atoms with Gasteiger partial charge in [0.2, 0.25) is 21.8 Å². The zero-order chi connectivity index (χ0) is 24.7. The summed E-state index contributed by atoms with van der Waals surface area (Å²) in [6.45, 7) is 2.42. The molecule has 0 aliphatic carbocycles. The number of pyridine rings is 1. The Morgan fingerprint density at radius 1 is 1.15 bits per heavy atom. The van der Waals surface area contributed by atoms with Crippen molar-refractivity contribution in [3.8, 4) is 0 Å². The molecular formula is C22H27N5O6S. The van der Waals surface area contributed by atoms with E-state index in [1.807, 2.05) is 0 Å². The van der Waals surface area contributed by atoms with E-state index >= 15 is 0 Å². The lowest BCUT2D eigenvalue weighted by molar-refractivity contribution is -0.385. The number of carbonyl (C=O) groups excluding carboxylic acids is 2. The van der Waals surface area contributed by atoms with Crippen LogP contribution in [0.5, 0.6) is 0 Å². The van der Waals surface area contributed by atoms with Crippen molar-refractivity contribution in [3.63, 3.8) is 0 Å². The number of rotatable bonds is 9. The molecule has 1 aliphatic heterocycles. The van der Waals surface area contributed by atoms with Crippen LogP contribution in [0.15, 0.2) is 47.6 Å². The number of benzene rings is 1. The number of nitro benzene ring substituents is 1. The number of hydrogen-bond donors (Lipinski definition) is 2. The summed E-state index contributed by atoms with van der Waals surface area (Å²) in [7, 11) is -3.91. The molecule has 0 unspecified atom stereocenters. The van der Waals surface area contributed by atoms with E-state index in [1.54, 1.807) is 31.5 Å². The first-order valence-corrected chi connectivity index (χ1v) is 12.3. The van der Waals surface area contributed by atoms with Gasteiger partial charge in [0, 0.05) is 63.0 Å². The zero-order valence-electron chi connectivity index (χ0n) is 18.8. The number of sulfonamides is 1. The Balaban J connectivity index is 1.46. The van der Waals surface area contributed by atoms with Crippen LogP contribution in [-0.2, 0) is 26.2 Å². The van der Waals surface area contributed by atoms with Gasteiger partial charge in [-0.1, -0.05) is 6.07 Å². The minimum Gasteiger partial charge on any atom is -0.355 e. The Morgan fingerprint density at radius 2 is 1.82 bits per heavy atom. The molecule has 2 amide bonds. The quantitative estimate of drug-likeness (QED) is 0.400. The molecule has 3 rings (SSSR count). The van der Waals surface area contributed by atoms with E-state index in [2.05, 4.69) is 15.6 Å². The van der Waals surface area contributed by atoms with Gasteiger partial charge < -0.3 is 10.6 Å². The second kappa shape index (κ2) is 11.2. The molecule has 182 valence electrons. The average Bonchev–Trinajstić information content (AvgIpc) is 2.83. The summed E-state index contributed by atoms with van der Waals surface area (Å²) in [5, 5.41) is 16.6. The standard InChI is InChI=1S/C22H27N5O6S/c1-16-2-3-19(27(30)31)14-20(16)34(32,33)26-12-7-18(8-13-26)22(29)24-11-6-21(28)25-15-17-4-9-23-10-5-17/h2-5,9-10,14,18H,6-8,11-13,15H2,1H3,(H,24,29)(H,25,28). The number of nitrogens with zero attached hydrogens (tertiary/aromatic N) is 3. The van der Waals surface area contributed by atoms with Gasteiger partial charge in [0.1, 0.15) is 0 Å². The second-order valence-electron chi connectivity index (χ2n) is 8.06. The molecule has 1 fully saturated rings. The minimum atomic E-state index is -3.91. The van der Waals surface area contributed by atoms with Gasteiger partial charge in [-0.3, -0.25) is 24.7 Å². The van der Waals surface area contributed by atoms with E-state index in [-0.39, 0.29) is 54.4 Å². The van der Waals surface area contributed by atoms with Crippen LogP contribution in [0.2, 0.25) is 0 Å². The molecule has 1 saturated heterocycles. The van der Waals surface area contributed by atoms with E-state index in [4.69, 9.17) is 0 Å². The highest BCUT2D eigenvalue weighted by molar-refractivity contribution is 7.89. The molecule has 0 saturated carbocycles. The van der Waals surface area contributed by atoms with E-state index < -0.39 is 14.9 Å². The Hall–Kier alpha value is -3.38. The fraction of sp³-hybridized carbons (Fsp3) is 0.409. The number of hydrogen-bond acceptors (Lipinski definition) is 7. The molecule has 2 N–H and O–H groups in total. The van der Waals surface area contributed by atoms with E-state index in [9.17, 15) is 28.1 Å². The molecule has 11 nitrogen and oxygen atoms in total. The fourth-order valence-electron chi connectivity index (χ4n) is 3.71. The van der Waals surface area contributed by atoms with Crippen molar-refractivity contribution in [3.05, 3.63) is 64.0 Å². The number of aryl methyl sites for hydroxylation is 1. The van der Waals surface area contributed by atoms with E-state index in [0.29, 0.717) is 24.9 Å². The van der Waals surface area contributed by atoms with Gasteiger partial charge in [-0.25, -0.2) is 8.42 Å². The van der Waals surface area contributed by atoms with Crippen LogP contribution in [0, 0.1) is 23.0 Å². The van der Waals surface area contributed by atoms with Crippen molar-refractivity contribution in [2.45, 2.75) is 37.6 Å². The van der Waals surface area contributed by atoms with Crippen LogP contribution in [0.3, 0.4) is 0 Å². The third-order valence-corrected chi connectivity index (χ3v) is 7.76. The number of nitrogens with one attached hydrogen (secondary N) is 2. The highest BCUT2D eigenvalue weighted by Crippen LogP contribution is 2.28. The maximum Gasteiger partial charge on any atom is 0.270 e. The van der Waals surface area contributed by atoms with Crippen LogP contribution in [0.25, 0.3) is 0 Å². The number of aromatic nitrogens is 1. The molecule has 0 radical (unpaired) electrons. The maximum atomic E-state index is 13.0. The highest BCUT2D eigenvalue weighted by atomic mass is 32.2. The van der Waals surface area contributed by atoms with Gasteiger partial charge in [0.25, 0.3) is 5.69 Å². The largest absolute Gasteiger partial charge is 0.355 e. The van der Waals surface area contributed by atoms with Crippen LogP contribution < -0.4 is 10.6 Å². The maximum absolute atomic E-state index is 13.0. The van der Waals surface area contributed by atoms with Crippen molar-refractivity contribution in [2.24, 2.45) is 5.92 Å². The minimum absolute atomic E-state index is 0.0950. The molecule has 0 bridgehead atoms. The monoisotopic (exact) mass is 489 g/mol. The SMILES string of the molecule is Cc1ccc([N+](=O)[O-])cc1S(=O)(=O)N1CCC(C(=O)NCCC(=O)NCc2ccncc2)CC1. The molecule has 2 heterocycles. The van der Waals surface area contributed by atoms with Crippen molar-refractivity contribution in [1.82, 2.24) is 19.9 Å². The Morgan fingerprint density at radius 3 is 2.47 bits per heavy atom. The number of amides is 2. The Kier molecular flexibility index (Phi) is 8.29. The lowest BCUT2D eigenvalue weighted by atomic mass is 9.97. The van der Waals surface area contributed by atoms with Gasteiger partial charge in [-0.05, 0) is 43.0 Å². The summed E-state index contributed by atoms with van der Waals surface area (Å²) < 4.78 is 27.3. The van der Waals surface area contributed by atoms with Gasteiger partial charge in [-0.15, -0.1) is 0 Å². The summed E-state index contributed by atoms with van der Waals surface area (Å²) in [5.41, 5.74) is 1.06. The van der Waals surface area contributed by atoms with Crippen molar-refractivity contribution < 1.29 is 22.9 Å². The summed E-state index contributed by atoms with van der Waals surface area (Å²) in [6.07, 6.45) is 4.07. The first-order valence-electron chi connectivity index (χ1n) is 10.9. The van der Waals surface area contributed by atoms with E-state index in [1.165, 1.54) is 16.4 Å². The van der Waals surface area contributed by atoms with Crippen LogP contribution in [-0.4, -0.2) is 54.1 Å². The third-order valence-electron chi connectivity index (χ3n) is 5.72. The number of non-ortho nitro benzene ring substituents is 1. The Bertz CT molecular complexity index is 1150. The summed E-state index contributed by atoms with van der Waals surface area (Å²) >= 11 is 0. The lowest BCUT2D eigenvalue weighted by Gasteiger charge is -2.30. The molecule has 34 heavy (non-hydrogen) atoms. The summed E-state index contributed by atoms with van der Waals surface area (Å²) in [4.78, 5) is 38.7. The lowest BCUT2D eigenvalue weighted by Crippen LogP contribution is -2.43. The number of piperidine rings is 1.